The van der Waals surface area contributed by atoms with Crippen molar-refractivity contribution in [2.75, 3.05) is 0 Å². The maximum Gasteiger partial charge on any atom is 0.187 e. The van der Waals surface area contributed by atoms with Gasteiger partial charge in [-0.2, -0.15) is 0 Å². The number of aromatic hydroxyl groups is 1. The fraction of sp³-hybridized carbons (Fsp3) is 0.200. The molecule has 2 aromatic rings. The Morgan fingerprint density at radius 2 is 1.58 bits per heavy atom. The van der Waals surface area contributed by atoms with Crippen LogP contribution < -0.4 is 0 Å². The number of halogens is 1. The number of hydrogen-bond donors (Lipinski definition) is 1. The van der Waals surface area contributed by atoms with Crippen LogP contribution >= 0.6 is 0 Å². The van der Waals surface area contributed by atoms with Crippen LogP contribution in [0.4, 0.5) is 4.39 Å². The van der Waals surface area contributed by atoms with Crippen LogP contribution in [-0.2, 0) is 22.7 Å². The van der Waals surface area contributed by atoms with Gasteiger partial charge in [-0.05, 0) is 17.2 Å². The van der Waals surface area contributed by atoms with Crippen molar-refractivity contribution in [2.45, 2.75) is 19.5 Å². The van der Waals surface area contributed by atoms with E-state index in [0.717, 1.165) is 11.1 Å². The predicted molar refractivity (Wildman–Crippen MR) is 66.8 cm³/mol. The van der Waals surface area contributed by atoms with Gasteiger partial charge >= 0.3 is 0 Å². The number of benzene rings is 2. The Hall–Kier alpha value is -1.91. The van der Waals surface area contributed by atoms with Crippen LogP contribution in [0.1, 0.15) is 23.0 Å². The zero-order valence-corrected chi connectivity index (χ0v) is 10.2. The Bertz CT molecular complexity index is 571. The van der Waals surface area contributed by atoms with E-state index in [-0.39, 0.29) is 5.56 Å². The number of hydrogen-bond acceptors (Lipinski definition) is 3. The normalized spacial score (nSPS) is 15.8. The van der Waals surface area contributed by atoms with Crippen molar-refractivity contribution in [2.24, 2.45) is 0 Å². The minimum absolute atomic E-state index is 0.216. The van der Waals surface area contributed by atoms with Gasteiger partial charge in [-0.25, -0.2) is 4.39 Å². The van der Waals surface area contributed by atoms with Gasteiger partial charge in [0.25, 0.3) is 0 Å². The molecule has 0 spiro atoms. The Kier molecular flexibility index (Phi) is 3.19. The van der Waals surface area contributed by atoms with Crippen LogP contribution in [0.25, 0.3) is 0 Å². The van der Waals surface area contributed by atoms with E-state index in [2.05, 4.69) is 0 Å². The highest BCUT2D eigenvalue weighted by Gasteiger charge is 2.22. The number of ether oxygens (including phenoxy) is 2. The minimum Gasteiger partial charge on any atom is -0.505 e. The molecule has 0 saturated carbocycles. The smallest absolute Gasteiger partial charge is 0.187 e. The zero-order chi connectivity index (χ0) is 13.2. The first-order chi connectivity index (χ1) is 9.25. The first-order valence-electron chi connectivity index (χ1n) is 6.03. The van der Waals surface area contributed by atoms with Gasteiger partial charge in [-0.3, -0.25) is 0 Å². The lowest BCUT2D eigenvalue weighted by molar-refractivity contribution is -0.154. The van der Waals surface area contributed by atoms with Crippen LogP contribution in [0.2, 0.25) is 0 Å². The lowest BCUT2D eigenvalue weighted by atomic mass is 10.1. The third-order valence-electron chi connectivity index (χ3n) is 3.16. The summed E-state index contributed by atoms with van der Waals surface area (Å²) in [6, 6.07) is 12.2. The predicted octanol–water partition coefficient (Wildman–Crippen LogP) is 3.28. The van der Waals surface area contributed by atoms with E-state index in [9.17, 15) is 9.50 Å². The molecule has 0 saturated heterocycles. The Morgan fingerprint density at radius 1 is 0.947 bits per heavy atom. The zero-order valence-electron chi connectivity index (χ0n) is 10.2. The summed E-state index contributed by atoms with van der Waals surface area (Å²) in [4.78, 5) is 0. The lowest BCUT2D eigenvalue weighted by Gasteiger charge is -2.16. The van der Waals surface area contributed by atoms with Gasteiger partial charge in [0.15, 0.2) is 17.9 Å². The van der Waals surface area contributed by atoms with Crippen molar-refractivity contribution < 1.29 is 19.0 Å². The maximum absolute atomic E-state index is 13.8. The molecule has 0 fully saturated rings. The van der Waals surface area contributed by atoms with Crippen molar-refractivity contribution in [3.05, 3.63) is 65.0 Å². The SMILES string of the molecule is Oc1cccc(C2OCc3ccccc3CO2)c1F. The van der Waals surface area contributed by atoms with E-state index >= 15 is 0 Å². The Balaban J connectivity index is 1.88. The molecular weight excluding hydrogens is 247 g/mol. The molecule has 1 aliphatic rings. The largest absolute Gasteiger partial charge is 0.505 e. The average Bonchev–Trinajstić information content (AvgIpc) is 2.65. The molecule has 1 heterocycles. The third-order valence-corrected chi connectivity index (χ3v) is 3.16. The molecule has 0 amide bonds. The van der Waals surface area contributed by atoms with E-state index in [4.69, 9.17) is 9.47 Å². The summed E-state index contributed by atoms with van der Waals surface area (Å²) in [6.07, 6.45) is -0.806. The molecule has 0 aliphatic carbocycles. The first kappa shape index (κ1) is 12.1. The first-order valence-corrected chi connectivity index (χ1v) is 6.03. The van der Waals surface area contributed by atoms with Gasteiger partial charge in [-0.15, -0.1) is 0 Å². The molecule has 0 unspecified atom stereocenters. The van der Waals surface area contributed by atoms with Crippen molar-refractivity contribution in [3.8, 4) is 5.75 Å². The summed E-state index contributed by atoms with van der Waals surface area (Å²) < 4.78 is 25.0. The summed E-state index contributed by atoms with van der Waals surface area (Å²) in [5.74, 6) is -1.09. The standard InChI is InChI=1S/C15H13FO3/c16-14-12(6-3-7-13(14)17)15-18-8-10-4-1-2-5-11(10)9-19-15/h1-7,15,17H,8-9H2. The van der Waals surface area contributed by atoms with Crippen LogP contribution in [0, 0.1) is 5.82 Å². The highest BCUT2D eigenvalue weighted by atomic mass is 19.1. The highest BCUT2D eigenvalue weighted by Crippen LogP contribution is 2.31. The van der Waals surface area contributed by atoms with E-state index < -0.39 is 17.9 Å². The van der Waals surface area contributed by atoms with Gasteiger partial charge in [-0.1, -0.05) is 36.4 Å². The Labute approximate surface area is 110 Å². The average molecular weight is 260 g/mol. The molecule has 98 valence electrons. The molecule has 1 aliphatic heterocycles. The molecule has 3 nitrogen and oxygen atoms in total. The van der Waals surface area contributed by atoms with E-state index in [1.807, 2.05) is 24.3 Å². The molecule has 19 heavy (non-hydrogen) atoms. The Morgan fingerprint density at radius 3 is 2.21 bits per heavy atom. The maximum atomic E-state index is 13.8. The summed E-state index contributed by atoms with van der Waals surface area (Å²) in [5, 5.41) is 9.39. The lowest BCUT2D eigenvalue weighted by Crippen LogP contribution is -2.07. The van der Waals surface area contributed by atoms with E-state index in [1.54, 1.807) is 12.1 Å². The molecule has 0 atom stereocenters. The van der Waals surface area contributed by atoms with Crippen LogP contribution in [0.3, 0.4) is 0 Å². The van der Waals surface area contributed by atoms with Crippen LogP contribution in [0.15, 0.2) is 42.5 Å². The monoisotopic (exact) mass is 260 g/mol. The summed E-state index contributed by atoms with van der Waals surface area (Å²) >= 11 is 0. The molecule has 3 rings (SSSR count). The summed E-state index contributed by atoms with van der Waals surface area (Å²) in [7, 11) is 0. The van der Waals surface area contributed by atoms with Crippen molar-refractivity contribution in [3.63, 3.8) is 0 Å². The molecule has 4 heteroatoms. The molecule has 1 N–H and O–H groups in total. The fourth-order valence-electron chi connectivity index (χ4n) is 2.12. The number of phenols is 1. The summed E-state index contributed by atoms with van der Waals surface area (Å²) in [6.45, 7) is 0.714. The van der Waals surface area contributed by atoms with Gasteiger partial charge in [0.05, 0.1) is 13.2 Å². The van der Waals surface area contributed by atoms with Gasteiger partial charge in [0, 0.05) is 5.56 Å². The second-order valence-electron chi connectivity index (χ2n) is 4.40. The van der Waals surface area contributed by atoms with E-state index in [1.165, 1.54) is 6.07 Å². The van der Waals surface area contributed by atoms with Gasteiger partial charge in [0.2, 0.25) is 0 Å². The quantitative estimate of drug-likeness (QED) is 0.855. The second kappa shape index (κ2) is 4.99. The minimum atomic E-state index is -0.806. The molecule has 2 aromatic carbocycles. The number of phenolic OH excluding ortho intramolecular Hbond substituents is 1. The molecule has 0 radical (unpaired) electrons. The highest BCUT2D eigenvalue weighted by molar-refractivity contribution is 5.31. The molecule has 0 aromatic heterocycles. The second-order valence-corrected chi connectivity index (χ2v) is 4.40. The topological polar surface area (TPSA) is 38.7 Å². The van der Waals surface area contributed by atoms with Crippen molar-refractivity contribution in [1.29, 1.82) is 0 Å². The molecular formula is C15H13FO3. The molecule has 0 bridgehead atoms. The number of rotatable bonds is 1. The number of fused-ring (bicyclic) bond motifs is 1. The van der Waals surface area contributed by atoms with Crippen LogP contribution in [-0.4, -0.2) is 5.11 Å². The van der Waals surface area contributed by atoms with Crippen molar-refractivity contribution in [1.82, 2.24) is 0 Å². The third kappa shape index (κ3) is 2.32. The fourth-order valence-corrected chi connectivity index (χ4v) is 2.12. The van der Waals surface area contributed by atoms with Crippen LogP contribution in [0.5, 0.6) is 5.75 Å². The summed E-state index contributed by atoms with van der Waals surface area (Å²) in [5.41, 5.74) is 2.28. The van der Waals surface area contributed by atoms with Gasteiger partial charge in [0.1, 0.15) is 0 Å². The van der Waals surface area contributed by atoms with E-state index in [0.29, 0.717) is 13.2 Å². The van der Waals surface area contributed by atoms with Gasteiger partial charge < -0.3 is 14.6 Å². The van der Waals surface area contributed by atoms with Crippen molar-refractivity contribution >= 4 is 0 Å².